The molecule has 0 fully saturated rings. The maximum atomic E-state index is 11.8. The highest BCUT2D eigenvalue weighted by atomic mass is 16.5. The molecule has 110 valence electrons. The molecule has 1 atom stereocenters. The zero-order valence-electron chi connectivity index (χ0n) is 12.5. The van der Waals surface area contributed by atoms with Crippen LogP contribution >= 0.6 is 0 Å². The zero-order chi connectivity index (χ0) is 15.1. The average Bonchev–Trinajstić information content (AvgIpc) is 2.44. The summed E-state index contributed by atoms with van der Waals surface area (Å²) in [5.41, 5.74) is 1.43. The number of hydrogen-bond donors (Lipinski definition) is 1. The summed E-state index contributed by atoms with van der Waals surface area (Å²) in [5, 5.41) is 2.74. The van der Waals surface area contributed by atoms with Gasteiger partial charge in [-0.3, -0.25) is 4.79 Å². The molecule has 20 heavy (non-hydrogen) atoms. The third kappa shape index (κ3) is 4.91. The van der Waals surface area contributed by atoms with Crippen LogP contribution in [0, 0.1) is 0 Å². The monoisotopic (exact) mass is 278 g/mol. The number of amides is 1. The number of carbonyl (C=O) groups excluding carboxylic acids is 2. The van der Waals surface area contributed by atoms with Crippen LogP contribution in [0.1, 0.15) is 30.6 Å². The molecule has 5 heteroatoms. The summed E-state index contributed by atoms with van der Waals surface area (Å²) < 4.78 is 4.97. The van der Waals surface area contributed by atoms with Crippen molar-refractivity contribution in [2.45, 2.75) is 26.3 Å². The highest BCUT2D eigenvalue weighted by Gasteiger charge is 2.11. The Kier molecular flexibility index (Phi) is 6.03. The predicted octanol–water partition coefficient (Wildman–Crippen LogP) is 1.82. The number of benzene rings is 1. The summed E-state index contributed by atoms with van der Waals surface area (Å²) >= 11 is 0. The number of hydrogen-bond acceptors (Lipinski definition) is 4. The Hall–Kier alpha value is -2.04. The molecule has 1 amide bonds. The lowest BCUT2D eigenvalue weighted by atomic mass is 10.2. The van der Waals surface area contributed by atoms with Gasteiger partial charge in [-0.25, -0.2) is 4.79 Å². The molecule has 0 radical (unpaired) electrons. The Labute approximate surface area is 119 Å². The summed E-state index contributed by atoms with van der Waals surface area (Å²) in [6.07, 6.45) is 0.839. The van der Waals surface area contributed by atoms with E-state index in [4.69, 9.17) is 4.74 Å². The quantitative estimate of drug-likeness (QED) is 0.806. The van der Waals surface area contributed by atoms with E-state index in [2.05, 4.69) is 5.32 Å². The lowest BCUT2D eigenvalue weighted by molar-refractivity contribution is -0.124. The highest BCUT2D eigenvalue weighted by molar-refractivity contribution is 5.91. The molecule has 0 aliphatic carbocycles. The summed E-state index contributed by atoms with van der Waals surface area (Å²) in [6, 6.07) is 7.11. The number of carbonyl (C=O) groups is 2. The number of ether oxygens (including phenoxy) is 1. The first-order valence-corrected chi connectivity index (χ1v) is 6.68. The van der Waals surface area contributed by atoms with Crippen molar-refractivity contribution in [2.75, 3.05) is 25.6 Å². The standard InChI is InChI=1S/C15H22N2O3/c1-5-11(2)16-14(18)10-20-15(19)12-6-8-13(9-7-12)17(3)4/h6-9,11H,5,10H2,1-4H3,(H,16,18). The molecule has 5 nitrogen and oxygen atoms in total. The Morgan fingerprint density at radius 2 is 1.85 bits per heavy atom. The second-order valence-electron chi connectivity index (χ2n) is 4.89. The van der Waals surface area contributed by atoms with Gasteiger partial charge in [0.1, 0.15) is 0 Å². The number of nitrogens with zero attached hydrogens (tertiary/aromatic N) is 1. The lowest BCUT2D eigenvalue weighted by Crippen LogP contribution is -2.35. The molecule has 0 spiro atoms. The van der Waals surface area contributed by atoms with Gasteiger partial charge in [0.05, 0.1) is 5.56 Å². The van der Waals surface area contributed by atoms with Gasteiger partial charge in [-0.15, -0.1) is 0 Å². The Morgan fingerprint density at radius 1 is 1.25 bits per heavy atom. The number of esters is 1. The van der Waals surface area contributed by atoms with Crippen LogP contribution < -0.4 is 10.2 Å². The van der Waals surface area contributed by atoms with Crippen LogP contribution in [0.4, 0.5) is 5.69 Å². The second kappa shape index (κ2) is 7.53. The Morgan fingerprint density at radius 3 is 2.35 bits per heavy atom. The van der Waals surface area contributed by atoms with Crippen LogP contribution in [0.25, 0.3) is 0 Å². The fourth-order valence-electron chi connectivity index (χ4n) is 1.53. The number of nitrogens with one attached hydrogen (secondary N) is 1. The largest absolute Gasteiger partial charge is 0.452 e. The van der Waals surface area contributed by atoms with E-state index >= 15 is 0 Å². The molecule has 0 aromatic heterocycles. The molecule has 1 rings (SSSR count). The fraction of sp³-hybridized carbons (Fsp3) is 0.467. The molecule has 0 aliphatic rings. The SMILES string of the molecule is CCC(C)NC(=O)COC(=O)c1ccc(N(C)C)cc1. The predicted molar refractivity (Wildman–Crippen MR) is 78.9 cm³/mol. The van der Waals surface area contributed by atoms with Crippen molar-refractivity contribution < 1.29 is 14.3 Å². The first-order valence-electron chi connectivity index (χ1n) is 6.68. The van der Waals surface area contributed by atoms with Gasteiger partial charge in [0.25, 0.3) is 5.91 Å². The van der Waals surface area contributed by atoms with Gasteiger partial charge in [0.2, 0.25) is 0 Å². The fourth-order valence-corrected chi connectivity index (χ4v) is 1.53. The average molecular weight is 278 g/mol. The molecule has 0 bridgehead atoms. The molecule has 0 saturated heterocycles. The van der Waals surface area contributed by atoms with Crippen molar-refractivity contribution >= 4 is 17.6 Å². The lowest BCUT2D eigenvalue weighted by Gasteiger charge is -2.13. The van der Waals surface area contributed by atoms with Gasteiger partial charge >= 0.3 is 5.97 Å². The smallest absolute Gasteiger partial charge is 0.338 e. The molecule has 0 heterocycles. The van der Waals surface area contributed by atoms with Crippen LogP contribution in [0.15, 0.2) is 24.3 Å². The van der Waals surface area contributed by atoms with Crippen molar-refractivity contribution in [3.63, 3.8) is 0 Å². The molecule has 0 saturated carbocycles. The first-order chi connectivity index (χ1) is 9.43. The van der Waals surface area contributed by atoms with Gasteiger partial charge < -0.3 is 15.0 Å². The number of rotatable bonds is 6. The Bertz CT molecular complexity index is 455. The van der Waals surface area contributed by atoms with E-state index < -0.39 is 5.97 Å². The summed E-state index contributed by atoms with van der Waals surface area (Å²) in [5.74, 6) is -0.771. The summed E-state index contributed by atoms with van der Waals surface area (Å²) in [7, 11) is 3.85. The second-order valence-corrected chi connectivity index (χ2v) is 4.89. The van der Waals surface area contributed by atoms with Crippen LogP contribution in [-0.4, -0.2) is 38.6 Å². The topological polar surface area (TPSA) is 58.6 Å². The van der Waals surface area contributed by atoms with Crippen molar-refractivity contribution in [2.24, 2.45) is 0 Å². The van der Waals surface area contributed by atoms with E-state index in [9.17, 15) is 9.59 Å². The third-order valence-corrected chi connectivity index (χ3v) is 2.97. The minimum Gasteiger partial charge on any atom is -0.452 e. The van der Waals surface area contributed by atoms with Crippen LogP contribution in [0.3, 0.4) is 0 Å². The van der Waals surface area contributed by atoms with Crippen molar-refractivity contribution in [3.05, 3.63) is 29.8 Å². The van der Waals surface area contributed by atoms with Crippen molar-refractivity contribution in [3.8, 4) is 0 Å². The van der Waals surface area contributed by atoms with Crippen molar-refractivity contribution in [1.82, 2.24) is 5.32 Å². The summed E-state index contributed by atoms with van der Waals surface area (Å²) in [6.45, 7) is 3.63. The molecule has 1 aromatic rings. The van der Waals surface area contributed by atoms with E-state index in [1.165, 1.54) is 0 Å². The van der Waals surface area contributed by atoms with Gasteiger partial charge in [0.15, 0.2) is 6.61 Å². The van der Waals surface area contributed by atoms with Gasteiger partial charge in [0, 0.05) is 25.8 Å². The van der Waals surface area contributed by atoms with Gasteiger partial charge in [-0.2, -0.15) is 0 Å². The van der Waals surface area contributed by atoms with E-state index in [-0.39, 0.29) is 18.6 Å². The van der Waals surface area contributed by atoms with E-state index in [1.807, 2.05) is 45.0 Å². The molecular formula is C15H22N2O3. The van der Waals surface area contributed by atoms with E-state index in [0.717, 1.165) is 12.1 Å². The van der Waals surface area contributed by atoms with Crippen LogP contribution in [0.5, 0.6) is 0 Å². The van der Waals surface area contributed by atoms with Crippen LogP contribution in [0.2, 0.25) is 0 Å². The zero-order valence-corrected chi connectivity index (χ0v) is 12.5. The number of anilines is 1. The maximum absolute atomic E-state index is 11.8. The molecule has 1 unspecified atom stereocenters. The first kappa shape index (κ1) is 16.0. The van der Waals surface area contributed by atoms with Crippen LogP contribution in [-0.2, 0) is 9.53 Å². The molecule has 0 aliphatic heterocycles. The van der Waals surface area contributed by atoms with Crippen molar-refractivity contribution in [1.29, 1.82) is 0 Å². The van der Waals surface area contributed by atoms with E-state index in [1.54, 1.807) is 12.1 Å². The Balaban J connectivity index is 2.48. The summed E-state index contributed by atoms with van der Waals surface area (Å²) in [4.78, 5) is 25.2. The highest BCUT2D eigenvalue weighted by Crippen LogP contribution is 2.12. The van der Waals surface area contributed by atoms with Gasteiger partial charge in [-0.1, -0.05) is 6.92 Å². The molecular weight excluding hydrogens is 256 g/mol. The minimum absolute atomic E-state index is 0.0839. The maximum Gasteiger partial charge on any atom is 0.338 e. The third-order valence-electron chi connectivity index (χ3n) is 2.97. The molecule has 1 N–H and O–H groups in total. The molecule has 1 aromatic carbocycles. The minimum atomic E-state index is -0.491. The van der Waals surface area contributed by atoms with E-state index in [0.29, 0.717) is 5.56 Å². The van der Waals surface area contributed by atoms with Gasteiger partial charge in [-0.05, 0) is 37.6 Å². The normalized spacial score (nSPS) is 11.6.